The molecule has 0 aromatic heterocycles. The summed E-state index contributed by atoms with van der Waals surface area (Å²) in [5.41, 5.74) is 1.22. The molecule has 27 heavy (non-hydrogen) atoms. The summed E-state index contributed by atoms with van der Waals surface area (Å²) in [6, 6.07) is 10.7. The van der Waals surface area contributed by atoms with Gasteiger partial charge in [0.1, 0.15) is 0 Å². The highest BCUT2D eigenvalue weighted by Crippen LogP contribution is 2.26. The van der Waals surface area contributed by atoms with Crippen molar-refractivity contribution in [3.8, 4) is 0 Å². The van der Waals surface area contributed by atoms with E-state index in [9.17, 15) is 19.2 Å². The maximum atomic E-state index is 12.3. The molecule has 1 aliphatic rings. The van der Waals surface area contributed by atoms with Crippen molar-refractivity contribution in [2.24, 2.45) is 0 Å². The molecule has 7 nitrogen and oxygen atoms in total. The molecule has 0 spiro atoms. The first-order chi connectivity index (χ1) is 12.9. The third-order valence-corrected chi connectivity index (χ3v) is 4.30. The molecule has 2 aromatic carbocycles. The van der Waals surface area contributed by atoms with Gasteiger partial charge in [-0.05, 0) is 36.4 Å². The lowest BCUT2D eigenvalue weighted by molar-refractivity contribution is -0.116. The van der Waals surface area contributed by atoms with E-state index in [1.54, 1.807) is 18.2 Å². The first kappa shape index (κ1) is 18.6. The molecule has 0 fully saturated rings. The number of imide groups is 1. The van der Waals surface area contributed by atoms with Crippen molar-refractivity contribution in [1.82, 2.24) is 4.90 Å². The lowest BCUT2D eigenvalue weighted by Gasteiger charge is -2.13. The lowest BCUT2D eigenvalue weighted by Crippen LogP contribution is -2.32. The highest BCUT2D eigenvalue weighted by Gasteiger charge is 2.35. The van der Waals surface area contributed by atoms with E-state index in [-0.39, 0.29) is 24.1 Å². The second-order valence-corrected chi connectivity index (χ2v) is 6.26. The minimum atomic E-state index is -0.518. The number of esters is 1. The van der Waals surface area contributed by atoms with Crippen LogP contribution in [0.25, 0.3) is 0 Å². The molecule has 0 saturated heterocycles. The molecule has 138 valence electrons. The highest BCUT2D eigenvalue weighted by molar-refractivity contribution is 6.32. The van der Waals surface area contributed by atoms with Gasteiger partial charge in [-0.3, -0.25) is 19.3 Å². The number of anilines is 1. The van der Waals surface area contributed by atoms with Crippen LogP contribution < -0.4 is 5.32 Å². The maximum absolute atomic E-state index is 12.3. The molecule has 3 rings (SSSR count). The Hall–Kier alpha value is -3.19. The normalized spacial score (nSPS) is 12.7. The van der Waals surface area contributed by atoms with Gasteiger partial charge < -0.3 is 10.1 Å². The van der Waals surface area contributed by atoms with Crippen LogP contribution in [0.4, 0.5) is 5.69 Å². The Balaban J connectivity index is 1.63. The zero-order valence-corrected chi connectivity index (χ0v) is 15.1. The van der Waals surface area contributed by atoms with Gasteiger partial charge in [-0.25, -0.2) is 4.79 Å². The fourth-order valence-electron chi connectivity index (χ4n) is 2.74. The average Bonchev–Trinajstić information content (AvgIpc) is 2.89. The first-order valence-electron chi connectivity index (χ1n) is 8.04. The smallest absolute Gasteiger partial charge is 0.337 e. The van der Waals surface area contributed by atoms with Gasteiger partial charge in [0.15, 0.2) is 0 Å². The summed E-state index contributed by atoms with van der Waals surface area (Å²) in [6.45, 7) is -0.0630. The number of rotatable bonds is 5. The number of ether oxygens (including phenoxy) is 1. The number of carbonyl (C=O) groups is 4. The average molecular weight is 387 g/mol. The zero-order valence-electron chi connectivity index (χ0n) is 14.3. The number of benzene rings is 2. The van der Waals surface area contributed by atoms with Crippen molar-refractivity contribution in [1.29, 1.82) is 0 Å². The zero-order chi connectivity index (χ0) is 19.6. The van der Waals surface area contributed by atoms with Crippen LogP contribution in [0.1, 0.15) is 37.5 Å². The van der Waals surface area contributed by atoms with Crippen molar-refractivity contribution < 1.29 is 23.9 Å². The molecule has 3 amide bonds. The van der Waals surface area contributed by atoms with Crippen molar-refractivity contribution in [2.45, 2.75) is 6.42 Å². The van der Waals surface area contributed by atoms with Gasteiger partial charge in [-0.15, -0.1) is 0 Å². The molecule has 0 atom stereocenters. The number of methoxy groups -OCH3 is 1. The number of hydrogen-bond acceptors (Lipinski definition) is 5. The highest BCUT2D eigenvalue weighted by atomic mass is 35.5. The van der Waals surface area contributed by atoms with E-state index in [1.165, 1.54) is 31.4 Å². The fourth-order valence-corrected chi connectivity index (χ4v) is 2.92. The molecule has 0 unspecified atom stereocenters. The maximum Gasteiger partial charge on any atom is 0.337 e. The van der Waals surface area contributed by atoms with Crippen LogP contribution in [0.15, 0.2) is 42.5 Å². The summed E-state index contributed by atoms with van der Waals surface area (Å²) < 4.78 is 4.63. The summed E-state index contributed by atoms with van der Waals surface area (Å²) in [7, 11) is 1.27. The molecule has 8 heteroatoms. The quantitative estimate of drug-likeness (QED) is 0.630. The van der Waals surface area contributed by atoms with Gasteiger partial charge >= 0.3 is 5.97 Å². The Morgan fingerprint density at radius 1 is 1.07 bits per heavy atom. The van der Waals surface area contributed by atoms with Crippen LogP contribution in [0, 0.1) is 0 Å². The molecule has 1 heterocycles. The fraction of sp³-hybridized carbons (Fsp3) is 0.158. The Morgan fingerprint density at radius 3 is 2.56 bits per heavy atom. The Bertz CT molecular complexity index is 957. The van der Waals surface area contributed by atoms with Crippen molar-refractivity contribution >= 4 is 41.0 Å². The van der Waals surface area contributed by atoms with Crippen LogP contribution >= 0.6 is 11.6 Å². The van der Waals surface area contributed by atoms with Crippen molar-refractivity contribution in [2.75, 3.05) is 19.0 Å². The molecule has 0 aliphatic carbocycles. The van der Waals surface area contributed by atoms with Gasteiger partial charge in [-0.2, -0.15) is 0 Å². The minimum absolute atomic E-state index is 0.0630. The number of fused-ring (bicyclic) bond motifs is 1. The predicted molar refractivity (Wildman–Crippen MR) is 97.8 cm³/mol. The van der Waals surface area contributed by atoms with E-state index in [2.05, 4.69) is 10.1 Å². The largest absolute Gasteiger partial charge is 0.465 e. The van der Waals surface area contributed by atoms with Gasteiger partial charge in [-0.1, -0.05) is 17.7 Å². The summed E-state index contributed by atoms with van der Waals surface area (Å²) >= 11 is 5.87. The van der Waals surface area contributed by atoms with Crippen LogP contribution in [-0.4, -0.2) is 42.2 Å². The van der Waals surface area contributed by atoms with Gasteiger partial charge in [0.2, 0.25) is 5.91 Å². The number of nitrogens with zero attached hydrogens (tertiary/aromatic N) is 1. The van der Waals surface area contributed by atoms with E-state index in [0.717, 1.165) is 4.90 Å². The predicted octanol–water partition coefficient (Wildman–Crippen LogP) is 2.75. The van der Waals surface area contributed by atoms with E-state index in [1.807, 2.05) is 0 Å². The van der Waals surface area contributed by atoms with Crippen molar-refractivity contribution in [3.05, 3.63) is 64.2 Å². The number of nitrogens with one attached hydrogen (secondary N) is 1. The molecule has 0 saturated carbocycles. The summed E-state index contributed by atoms with van der Waals surface area (Å²) in [4.78, 5) is 49.4. The SMILES string of the molecule is COC(=O)c1cccc(NC(=O)CCN2C(=O)c3ccc(Cl)cc3C2=O)c1. The molecular weight excluding hydrogens is 372 g/mol. The number of hydrogen-bond donors (Lipinski definition) is 1. The van der Waals surface area contributed by atoms with Gasteiger partial charge in [0, 0.05) is 23.7 Å². The summed E-state index contributed by atoms with van der Waals surface area (Å²) in [6.07, 6.45) is -0.0817. The second kappa shape index (κ2) is 7.59. The third-order valence-electron chi connectivity index (χ3n) is 4.06. The molecule has 0 radical (unpaired) electrons. The number of carbonyl (C=O) groups excluding carboxylic acids is 4. The Kier molecular flexibility index (Phi) is 5.23. The Labute approximate surface area is 159 Å². The summed E-state index contributed by atoms with van der Waals surface area (Å²) in [5.74, 6) is -1.84. The van der Waals surface area contributed by atoms with Crippen LogP contribution in [0.5, 0.6) is 0 Å². The van der Waals surface area contributed by atoms with E-state index < -0.39 is 23.7 Å². The number of amides is 3. The van der Waals surface area contributed by atoms with Gasteiger partial charge in [0.05, 0.1) is 23.8 Å². The number of halogens is 1. The minimum Gasteiger partial charge on any atom is -0.465 e. The lowest BCUT2D eigenvalue weighted by atomic mass is 10.1. The molecule has 2 aromatic rings. The molecular formula is C19H15ClN2O5. The van der Waals surface area contributed by atoms with E-state index >= 15 is 0 Å². The van der Waals surface area contributed by atoms with Crippen LogP contribution in [0.3, 0.4) is 0 Å². The van der Waals surface area contributed by atoms with Crippen molar-refractivity contribution in [3.63, 3.8) is 0 Å². The Morgan fingerprint density at radius 2 is 1.81 bits per heavy atom. The topological polar surface area (TPSA) is 92.8 Å². The molecule has 1 N–H and O–H groups in total. The van der Waals surface area contributed by atoms with Gasteiger partial charge in [0.25, 0.3) is 11.8 Å². The first-order valence-corrected chi connectivity index (χ1v) is 8.42. The van der Waals surface area contributed by atoms with E-state index in [4.69, 9.17) is 11.6 Å². The second-order valence-electron chi connectivity index (χ2n) is 5.82. The molecule has 1 aliphatic heterocycles. The summed E-state index contributed by atoms with van der Waals surface area (Å²) in [5, 5.41) is 2.99. The standard InChI is InChI=1S/C19H15ClN2O5/c1-27-19(26)11-3-2-4-13(9-11)21-16(23)7-8-22-17(24)14-6-5-12(20)10-15(14)18(22)25/h2-6,9-10H,7-8H2,1H3,(H,21,23). The molecule has 0 bridgehead atoms. The van der Waals surface area contributed by atoms with E-state index in [0.29, 0.717) is 16.3 Å². The monoisotopic (exact) mass is 386 g/mol. The van der Waals surface area contributed by atoms with Crippen LogP contribution in [-0.2, 0) is 9.53 Å². The van der Waals surface area contributed by atoms with Crippen LogP contribution in [0.2, 0.25) is 5.02 Å². The third kappa shape index (κ3) is 3.83.